The number of carbonyl (C=O) groups is 1. The highest BCUT2D eigenvalue weighted by atomic mass is 32.2. The van der Waals surface area contributed by atoms with Gasteiger partial charge in [0.1, 0.15) is 0 Å². The van der Waals surface area contributed by atoms with Gasteiger partial charge < -0.3 is 9.30 Å². The van der Waals surface area contributed by atoms with E-state index in [0.29, 0.717) is 20.6 Å². The molecule has 3 heterocycles. The fourth-order valence-electron chi connectivity index (χ4n) is 4.83. The van der Waals surface area contributed by atoms with Crippen molar-refractivity contribution in [3.8, 4) is 0 Å². The van der Waals surface area contributed by atoms with Crippen molar-refractivity contribution in [3.63, 3.8) is 0 Å². The van der Waals surface area contributed by atoms with E-state index in [9.17, 15) is 9.59 Å². The van der Waals surface area contributed by atoms with E-state index in [1.54, 1.807) is 16.3 Å². The van der Waals surface area contributed by atoms with E-state index < -0.39 is 12.0 Å². The van der Waals surface area contributed by atoms with Gasteiger partial charge in [0.15, 0.2) is 4.80 Å². The summed E-state index contributed by atoms with van der Waals surface area (Å²) in [5.74, 6) is -0.450. The summed E-state index contributed by atoms with van der Waals surface area (Å²) in [5, 5.41) is 1.09. The standard InChI is InChI=1S/C29H29N3O3S2/c1-16(2)35-28(34)25-17(3)30-29-32(26(25)19-11-13-20(36-6)14-12-19)27(33)24(37-29)15-22-18(4)31(5)23-10-8-7-9-21(22)23/h7-16,26H,1-6H3/b24-15-/t26-/m0/s1. The molecule has 0 fully saturated rings. The molecule has 1 aliphatic heterocycles. The van der Waals surface area contributed by atoms with Crippen LogP contribution in [0.4, 0.5) is 0 Å². The maximum Gasteiger partial charge on any atom is 0.338 e. The van der Waals surface area contributed by atoms with Crippen molar-refractivity contribution >= 4 is 46.0 Å². The van der Waals surface area contributed by atoms with Crippen LogP contribution in [0.3, 0.4) is 0 Å². The summed E-state index contributed by atoms with van der Waals surface area (Å²) in [5.41, 5.74) is 4.84. The number of thioether (sulfide) groups is 1. The number of aromatic nitrogens is 2. The van der Waals surface area contributed by atoms with E-state index in [1.165, 1.54) is 11.3 Å². The van der Waals surface area contributed by atoms with Crippen LogP contribution in [0.15, 0.2) is 74.5 Å². The second kappa shape index (κ2) is 9.84. The van der Waals surface area contributed by atoms with Crippen LogP contribution >= 0.6 is 23.1 Å². The van der Waals surface area contributed by atoms with Crippen LogP contribution in [0.25, 0.3) is 17.0 Å². The molecule has 0 spiro atoms. The minimum absolute atomic E-state index is 0.169. The zero-order chi connectivity index (χ0) is 26.4. The van der Waals surface area contributed by atoms with Gasteiger partial charge in [-0.2, -0.15) is 0 Å². The lowest BCUT2D eigenvalue weighted by Crippen LogP contribution is -2.40. The van der Waals surface area contributed by atoms with Gasteiger partial charge in [-0.1, -0.05) is 41.7 Å². The van der Waals surface area contributed by atoms with Crippen LogP contribution in [0.2, 0.25) is 0 Å². The van der Waals surface area contributed by atoms with Crippen molar-refractivity contribution in [2.45, 2.75) is 44.7 Å². The Morgan fingerprint density at radius 1 is 1.14 bits per heavy atom. The number of hydrogen-bond acceptors (Lipinski definition) is 6. The van der Waals surface area contributed by atoms with Gasteiger partial charge in [-0.3, -0.25) is 9.36 Å². The number of allylic oxidation sites excluding steroid dienone is 1. The average molecular weight is 532 g/mol. The normalized spacial score (nSPS) is 15.9. The van der Waals surface area contributed by atoms with Crippen molar-refractivity contribution in [2.75, 3.05) is 6.26 Å². The summed E-state index contributed by atoms with van der Waals surface area (Å²) >= 11 is 2.99. The topological polar surface area (TPSA) is 65.6 Å². The molecule has 0 N–H and O–H groups in total. The van der Waals surface area contributed by atoms with Gasteiger partial charge in [0, 0.05) is 34.1 Å². The molecular formula is C29H29N3O3S2. The maximum atomic E-state index is 14.0. The quantitative estimate of drug-likeness (QED) is 0.276. The molecule has 0 amide bonds. The predicted octanol–water partition coefficient (Wildman–Crippen LogP) is 4.71. The molecule has 190 valence electrons. The third-order valence-electron chi connectivity index (χ3n) is 6.74. The zero-order valence-electron chi connectivity index (χ0n) is 21.7. The highest BCUT2D eigenvalue weighted by molar-refractivity contribution is 7.98. The molecular weight excluding hydrogens is 502 g/mol. The molecule has 5 rings (SSSR count). The van der Waals surface area contributed by atoms with Gasteiger partial charge >= 0.3 is 5.97 Å². The minimum atomic E-state index is -0.617. The number of rotatable bonds is 5. The van der Waals surface area contributed by atoms with Gasteiger partial charge in [0.2, 0.25) is 0 Å². The molecule has 2 aromatic heterocycles. The molecule has 0 unspecified atom stereocenters. The summed E-state index contributed by atoms with van der Waals surface area (Å²) in [6, 6.07) is 15.5. The molecule has 0 aliphatic carbocycles. The SMILES string of the molecule is CSc1ccc([C@H]2C(C(=O)OC(C)C)=C(C)N=c3s/c(=C\c4c(C)n(C)c5ccccc45)c(=O)n32)cc1. The number of thiazole rings is 1. The third-order valence-corrected chi connectivity index (χ3v) is 8.47. The van der Waals surface area contributed by atoms with Gasteiger partial charge in [0.25, 0.3) is 5.56 Å². The van der Waals surface area contributed by atoms with Gasteiger partial charge in [-0.05, 0) is 63.8 Å². The lowest BCUT2D eigenvalue weighted by molar-refractivity contribution is -0.143. The summed E-state index contributed by atoms with van der Waals surface area (Å²) < 4.78 is 9.96. The lowest BCUT2D eigenvalue weighted by atomic mass is 9.96. The van der Waals surface area contributed by atoms with Crippen molar-refractivity contribution in [2.24, 2.45) is 12.0 Å². The smallest absolute Gasteiger partial charge is 0.338 e. The van der Waals surface area contributed by atoms with E-state index in [-0.39, 0.29) is 11.7 Å². The summed E-state index contributed by atoms with van der Waals surface area (Å²) in [4.78, 5) is 33.6. The third kappa shape index (κ3) is 4.38. The molecule has 8 heteroatoms. The van der Waals surface area contributed by atoms with Crippen LogP contribution in [0, 0.1) is 6.92 Å². The number of fused-ring (bicyclic) bond motifs is 2. The first-order valence-corrected chi connectivity index (χ1v) is 14.2. The zero-order valence-corrected chi connectivity index (χ0v) is 23.4. The number of benzene rings is 2. The Morgan fingerprint density at radius 3 is 2.51 bits per heavy atom. The van der Waals surface area contributed by atoms with Crippen LogP contribution in [-0.4, -0.2) is 27.5 Å². The fraction of sp³-hybridized carbons (Fsp3) is 0.276. The van der Waals surface area contributed by atoms with Gasteiger partial charge in [-0.15, -0.1) is 11.8 Å². The number of carbonyl (C=O) groups excluding carboxylic acids is 1. The van der Waals surface area contributed by atoms with E-state index >= 15 is 0 Å². The van der Waals surface area contributed by atoms with Crippen molar-refractivity contribution in [1.82, 2.24) is 9.13 Å². The molecule has 2 aromatic carbocycles. The lowest BCUT2D eigenvalue weighted by Gasteiger charge is -2.25. The highest BCUT2D eigenvalue weighted by Crippen LogP contribution is 2.32. The molecule has 0 radical (unpaired) electrons. The molecule has 6 nitrogen and oxygen atoms in total. The van der Waals surface area contributed by atoms with Crippen LogP contribution in [-0.2, 0) is 16.6 Å². The first-order valence-electron chi connectivity index (χ1n) is 12.1. The van der Waals surface area contributed by atoms with Crippen LogP contribution in [0.1, 0.15) is 43.6 Å². The van der Waals surface area contributed by atoms with Crippen LogP contribution < -0.4 is 14.9 Å². The Bertz CT molecular complexity index is 1740. The second-order valence-electron chi connectivity index (χ2n) is 9.38. The largest absolute Gasteiger partial charge is 0.459 e. The molecule has 37 heavy (non-hydrogen) atoms. The van der Waals surface area contributed by atoms with E-state index in [2.05, 4.69) is 23.6 Å². The number of nitrogens with zero attached hydrogens (tertiary/aromatic N) is 3. The van der Waals surface area contributed by atoms with Crippen molar-refractivity contribution < 1.29 is 9.53 Å². The Hall–Kier alpha value is -3.36. The van der Waals surface area contributed by atoms with Crippen LogP contribution in [0.5, 0.6) is 0 Å². The number of ether oxygens (including phenoxy) is 1. The van der Waals surface area contributed by atoms with Gasteiger partial charge in [-0.25, -0.2) is 9.79 Å². The first-order chi connectivity index (χ1) is 17.7. The Morgan fingerprint density at radius 2 is 1.84 bits per heavy atom. The number of para-hydroxylation sites is 1. The number of hydrogen-bond donors (Lipinski definition) is 0. The minimum Gasteiger partial charge on any atom is -0.459 e. The predicted molar refractivity (Wildman–Crippen MR) is 151 cm³/mol. The van der Waals surface area contributed by atoms with E-state index in [1.807, 2.05) is 76.5 Å². The van der Waals surface area contributed by atoms with Crippen molar-refractivity contribution in [3.05, 3.63) is 96.3 Å². The molecule has 1 atom stereocenters. The molecule has 0 bridgehead atoms. The van der Waals surface area contributed by atoms with E-state index in [0.717, 1.165) is 32.6 Å². The molecule has 0 saturated heterocycles. The fourth-order valence-corrected chi connectivity index (χ4v) is 6.26. The van der Waals surface area contributed by atoms with Gasteiger partial charge in [0.05, 0.1) is 27.9 Å². The number of aryl methyl sites for hydroxylation is 1. The maximum absolute atomic E-state index is 14.0. The molecule has 1 aliphatic rings. The van der Waals surface area contributed by atoms with Crippen molar-refractivity contribution in [1.29, 1.82) is 0 Å². The monoisotopic (exact) mass is 531 g/mol. The second-order valence-corrected chi connectivity index (χ2v) is 11.3. The summed E-state index contributed by atoms with van der Waals surface area (Å²) in [6.07, 6.45) is 3.69. The summed E-state index contributed by atoms with van der Waals surface area (Å²) in [6.45, 7) is 7.50. The Balaban J connectivity index is 1.75. The molecule has 4 aromatic rings. The Labute approximate surface area is 223 Å². The first kappa shape index (κ1) is 25.3. The van der Waals surface area contributed by atoms with E-state index in [4.69, 9.17) is 9.73 Å². The molecule has 0 saturated carbocycles. The average Bonchev–Trinajstić information content (AvgIpc) is 3.31. The Kier molecular flexibility index (Phi) is 6.72. The highest BCUT2D eigenvalue weighted by Gasteiger charge is 2.33. The summed E-state index contributed by atoms with van der Waals surface area (Å²) in [7, 11) is 2.03. The number of esters is 1.